The molecule has 2 N–H and O–H groups in total. The van der Waals surface area contributed by atoms with Crippen LogP contribution >= 0.6 is 0 Å². The van der Waals surface area contributed by atoms with Crippen LogP contribution in [-0.4, -0.2) is 34.8 Å². The van der Waals surface area contributed by atoms with Crippen molar-refractivity contribution in [3.63, 3.8) is 0 Å². The van der Waals surface area contributed by atoms with Crippen LogP contribution < -0.4 is 5.63 Å². The van der Waals surface area contributed by atoms with Gasteiger partial charge < -0.3 is 14.6 Å². The summed E-state index contributed by atoms with van der Waals surface area (Å²) in [5, 5.41) is 20.6. The van der Waals surface area contributed by atoms with Crippen molar-refractivity contribution in [3.8, 4) is 5.75 Å². The Morgan fingerprint density at radius 3 is 2.48 bits per heavy atom. The number of phenols is 1. The lowest BCUT2D eigenvalue weighted by Gasteiger charge is -2.40. The lowest BCUT2D eigenvalue weighted by molar-refractivity contribution is 0.0383. The molecule has 2 aromatic rings. The third kappa shape index (κ3) is 3.58. The molecule has 1 aliphatic rings. The molecule has 1 aromatic heterocycles. The minimum Gasteiger partial charge on any atom is -0.508 e. The molecule has 1 saturated heterocycles. The van der Waals surface area contributed by atoms with Crippen LogP contribution in [0.3, 0.4) is 0 Å². The number of benzene rings is 1. The number of rotatable bonds is 5. The van der Waals surface area contributed by atoms with E-state index < -0.39 is 0 Å². The summed E-state index contributed by atoms with van der Waals surface area (Å²) < 4.78 is 5.27. The molecule has 0 saturated carbocycles. The zero-order chi connectivity index (χ0) is 18.0. The van der Waals surface area contributed by atoms with Gasteiger partial charge in [0.25, 0.3) is 0 Å². The van der Waals surface area contributed by atoms with Gasteiger partial charge in [0, 0.05) is 30.7 Å². The molecule has 5 nitrogen and oxygen atoms in total. The number of nitrogens with zero attached hydrogens (tertiary/aromatic N) is 1. The first kappa shape index (κ1) is 18.0. The van der Waals surface area contributed by atoms with Crippen LogP contribution in [-0.2, 0) is 13.0 Å². The van der Waals surface area contributed by atoms with E-state index in [4.69, 9.17) is 4.42 Å². The third-order valence-corrected chi connectivity index (χ3v) is 5.81. The molecule has 0 amide bonds. The molecule has 3 rings (SSSR count). The van der Waals surface area contributed by atoms with E-state index in [1.165, 1.54) is 0 Å². The highest BCUT2D eigenvalue weighted by Crippen LogP contribution is 2.35. The SMILES string of the molecule is CCc1cc2c(CN3CCC(CC)(CO)CC3)cc(=O)oc2cc1O. The van der Waals surface area contributed by atoms with E-state index in [1.54, 1.807) is 12.1 Å². The Balaban J connectivity index is 1.88. The standard InChI is InChI=1S/C20H27NO4/c1-3-14-9-16-15(10-19(24)25-18(16)11-17(14)23)12-21-7-5-20(4-2,13-22)6-8-21/h9-11,22-23H,3-8,12-13H2,1-2H3. The number of hydrogen-bond acceptors (Lipinski definition) is 5. The summed E-state index contributed by atoms with van der Waals surface area (Å²) in [5.74, 6) is 0.170. The Bertz CT molecular complexity index is 797. The van der Waals surface area contributed by atoms with Gasteiger partial charge in [-0.2, -0.15) is 0 Å². The first-order valence-electron chi connectivity index (χ1n) is 9.12. The predicted molar refractivity (Wildman–Crippen MR) is 97.8 cm³/mol. The second-order valence-electron chi connectivity index (χ2n) is 7.21. The lowest BCUT2D eigenvalue weighted by Crippen LogP contribution is -2.41. The van der Waals surface area contributed by atoms with Crippen LogP contribution in [0.4, 0.5) is 0 Å². The van der Waals surface area contributed by atoms with E-state index >= 15 is 0 Å². The number of phenolic OH excluding ortho intramolecular Hbond substituents is 1. The Kier molecular flexibility index (Phi) is 5.16. The van der Waals surface area contributed by atoms with Crippen molar-refractivity contribution in [1.82, 2.24) is 4.90 Å². The highest BCUT2D eigenvalue weighted by molar-refractivity contribution is 5.82. The first-order chi connectivity index (χ1) is 12.0. The number of likely N-dealkylation sites (tertiary alicyclic amines) is 1. The smallest absolute Gasteiger partial charge is 0.336 e. The Morgan fingerprint density at radius 1 is 1.16 bits per heavy atom. The summed E-state index contributed by atoms with van der Waals surface area (Å²) >= 11 is 0. The molecule has 0 atom stereocenters. The van der Waals surface area contributed by atoms with E-state index in [1.807, 2.05) is 13.0 Å². The zero-order valence-corrected chi connectivity index (χ0v) is 15.0. The summed E-state index contributed by atoms with van der Waals surface area (Å²) in [6, 6.07) is 5.03. The van der Waals surface area contributed by atoms with Gasteiger partial charge in [-0.1, -0.05) is 13.8 Å². The molecule has 0 aliphatic carbocycles. The molecule has 0 radical (unpaired) electrons. The Morgan fingerprint density at radius 2 is 1.88 bits per heavy atom. The van der Waals surface area contributed by atoms with E-state index in [2.05, 4.69) is 11.8 Å². The van der Waals surface area contributed by atoms with Crippen molar-refractivity contribution in [2.75, 3.05) is 19.7 Å². The molecular weight excluding hydrogens is 318 g/mol. The average Bonchev–Trinajstić information content (AvgIpc) is 2.62. The fourth-order valence-corrected chi connectivity index (χ4v) is 3.77. The van der Waals surface area contributed by atoms with E-state index in [9.17, 15) is 15.0 Å². The Hall–Kier alpha value is -1.85. The minimum atomic E-state index is -0.388. The maximum Gasteiger partial charge on any atom is 0.336 e. The monoisotopic (exact) mass is 345 g/mol. The number of aryl methyl sites for hydroxylation is 1. The molecule has 0 unspecified atom stereocenters. The van der Waals surface area contributed by atoms with Gasteiger partial charge in [0.15, 0.2) is 0 Å². The van der Waals surface area contributed by atoms with Gasteiger partial charge in [-0.05, 0) is 61.4 Å². The van der Waals surface area contributed by atoms with Gasteiger partial charge in [-0.15, -0.1) is 0 Å². The Labute approximate surface area is 147 Å². The van der Waals surface area contributed by atoms with Gasteiger partial charge in [-0.3, -0.25) is 4.90 Å². The van der Waals surface area contributed by atoms with Crippen molar-refractivity contribution in [2.45, 2.75) is 46.1 Å². The summed E-state index contributed by atoms with van der Waals surface area (Å²) in [6.07, 6.45) is 3.66. The highest BCUT2D eigenvalue weighted by Gasteiger charge is 2.32. The molecule has 1 aromatic carbocycles. The van der Waals surface area contributed by atoms with Crippen LogP contribution in [0.2, 0.25) is 0 Å². The van der Waals surface area contributed by atoms with E-state index in [0.29, 0.717) is 12.1 Å². The second kappa shape index (κ2) is 7.18. The predicted octanol–water partition coefficient (Wildman–Crippen LogP) is 3.05. The molecule has 1 aliphatic heterocycles. The number of aliphatic hydroxyl groups is 1. The van der Waals surface area contributed by atoms with E-state index in [0.717, 1.165) is 55.3 Å². The van der Waals surface area contributed by atoms with Crippen LogP contribution in [0.15, 0.2) is 27.4 Å². The normalized spacial score (nSPS) is 17.9. The largest absolute Gasteiger partial charge is 0.508 e. The quantitative estimate of drug-likeness (QED) is 0.815. The molecular formula is C20H27NO4. The minimum absolute atomic E-state index is 0.0510. The fourth-order valence-electron chi connectivity index (χ4n) is 3.77. The molecule has 136 valence electrons. The number of piperidine rings is 1. The van der Waals surface area contributed by atoms with Gasteiger partial charge in [0.1, 0.15) is 11.3 Å². The molecule has 25 heavy (non-hydrogen) atoms. The highest BCUT2D eigenvalue weighted by atomic mass is 16.4. The van der Waals surface area contributed by atoms with Gasteiger partial charge in [0.05, 0.1) is 0 Å². The average molecular weight is 345 g/mol. The van der Waals surface area contributed by atoms with Crippen molar-refractivity contribution < 1.29 is 14.6 Å². The number of aromatic hydroxyl groups is 1. The number of fused-ring (bicyclic) bond motifs is 1. The summed E-state index contributed by atoms with van der Waals surface area (Å²) in [6.45, 7) is 6.88. The van der Waals surface area contributed by atoms with Gasteiger partial charge in [0.2, 0.25) is 0 Å². The third-order valence-electron chi connectivity index (χ3n) is 5.81. The number of hydrogen-bond donors (Lipinski definition) is 2. The topological polar surface area (TPSA) is 73.9 Å². The van der Waals surface area contributed by atoms with Gasteiger partial charge >= 0.3 is 5.63 Å². The molecule has 2 heterocycles. The maximum absolute atomic E-state index is 11.9. The van der Waals surface area contributed by atoms with Crippen molar-refractivity contribution >= 4 is 11.0 Å². The fraction of sp³-hybridized carbons (Fsp3) is 0.550. The van der Waals surface area contributed by atoms with Crippen molar-refractivity contribution in [2.24, 2.45) is 5.41 Å². The first-order valence-corrected chi connectivity index (χ1v) is 9.12. The van der Waals surface area contributed by atoms with Crippen LogP contribution in [0, 0.1) is 5.41 Å². The summed E-state index contributed by atoms with van der Waals surface area (Å²) in [5.41, 5.74) is 1.89. The van der Waals surface area contributed by atoms with Crippen LogP contribution in [0.5, 0.6) is 5.75 Å². The molecule has 1 fully saturated rings. The van der Waals surface area contributed by atoms with Crippen molar-refractivity contribution in [3.05, 3.63) is 39.7 Å². The number of aliphatic hydroxyl groups excluding tert-OH is 1. The lowest BCUT2D eigenvalue weighted by atomic mass is 9.77. The van der Waals surface area contributed by atoms with Crippen molar-refractivity contribution in [1.29, 1.82) is 0 Å². The van der Waals surface area contributed by atoms with Crippen LogP contribution in [0.25, 0.3) is 11.0 Å². The summed E-state index contributed by atoms with van der Waals surface area (Å²) in [7, 11) is 0. The molecule has 0 bridgehead atoms. The zero-order valence-electron chi connectivity index (χ0n) is 15.0. The summed E-state index contributed by atoms with van der Waals surface area (Å²) in [4.78, 5) is 14.2. The maximum atomic E-state index is 11.9. The van der Waals surface area contributed by atoms with E-state index in [-0.39, 0.29) is 23.4 Å². The molecule has 0 spiro atoms. The second-order valence-corrected chi connectivity index (χ2v) is 7.21. The molecule has 5 heteroatoms. The van der Waals surface area contributed by atoms with Gasteiger partial charge in [-0.25, -0.2) is 4.79 Å². The van der Waals surface area contributed by atoms with Crippen LogP contribution in [0.1, 0.15) is 44.2 Å².